The quantitative estimate of drug-likeness (QED) is 0.879. The Morgan fingerprint density at radius 2 is 1.75 bits per heavy atom. The van der Waals surface area contributed by atoms with Gasteiger partial charge in [-0.05, 0) is 41.9 Å². The van der Waals surface area contributed by atoms with Gasteiger partial charge in [0.05, 0.1) is 0 Å². The predicted molar refractivity (Wildman–Crippen MR) is 74.5 cm³/mol. The lowest BCUT2D eigenvalue weighted by Gasteiger charge is -2.10. The first-order valence-corrected chi connectivity index (χ1v) is 7.40. The van der Waals surface area contributed by atoms with E-state index >= 15 is 0 Å². The fraction of sp³-hybridized carbons (Fsp3) is 0. The van der Waals surface area contributed by atoms with Crippen LogP contribution < -0.4 is 9.88 Å². The minimum absolute atomic E-state index is 0.0242. The van der Waals surface area contributed by atoms with Crippen LogP contribution in [0, 0.1) is 0 Å². The van der Waals surface area contributed by atoms with Gasteiger partial charge in [0.1, 0.15) is 16.4 Å². The first-order valence-electron chi connectivity index (χ1n) is 5.47. The molecule has 2 N–H and O–H groups in total. The molecule has 0 fully saturated rings. The van der Waals surface area contributed by atoms with E-state index in [1.807, 2.05) is 0 Å². The lowest BCUT2D eigenvalue weighted by Crippen LogP contribution is -2.14. The maximum absolute atomic E-state index is 11.6. The van der Waals surface area contributed by atoms with E-state index < -0.39 is 15.3 Å². The summed E-state index contributed by atoms with van der Waals surface area (Å²) in [7, 11) is -4.05. The fourth-order valence-electron chi connectivity index (χ4n) is 1.55. The van der Waals surface area contributed by atoms with Gasteiger partial charge in [0.15, 0.2) is 0 Å². The maximum Gasteiger partial charge on any atom is 0.252 e. The van der Waals surface area contributed by atoms with Gasteiger partial charge < -0.3 is 4.74 Å². The highest BCUT2D eigenvalue weighted by Gasteiger charge is 2.18. The largest absolute Gasteiger partial charge is 0.456 e. The van der Waals surface area contributed by atoms with Gasteiger partial charge in [-0.25, -0.2) is 13.6 Å². The number of para-hydroxylation sites is 1. The number of carbonyl (C=O) groups is 1. The molecule has 2 aromatic carbocycles. The van der Waals surface area contributed by atoms with Gasteiger partial charge in [-0.15, -0.1) is 0 Å². The van der Waals surface area contributed by atoms with Crippen LogP contribution in [0.2, 0.25) is 0 Å². The van der Waals surface area contributed by atoms with Crippen molar-refractivity contribution in [1.29, 1.82) is 0 Å². The molecule has 0 saturated heterocycles. The van der Waals surface area contributed by atoms with Crippen molar-refractivity contribution in [2.24, 2.45) is 5.14 Å². The van der Waals surface area contributed by atoms with Gasteiger partial charge in [0.2, 0.25) is 10.0 Å². The van der Waals surface area contributed by atoms with Crippen molar-refractivity contribution in [3.63, 3.8) is 0 Å². The molecule has 0 aliphatic heterocycles. The number of nitrogens with two attached hydrogens (primary N) is 1. The summed E-state index contributed by atoms with van der Waals surface area (Å²) in [6, 6.07) is 12.4. The van der Waals surface area contributed by atoms with Gasteiger partial charge in [-0.1, -0.05) is 18.2 Å². The summed E-state index contributed by atoms with van der Waals surface area (Å²) >= 11 is 5.32. The van der Waals surface area contributed by atoms with E-state index in [0.717, 1.165) is 6.07 Å². The molecular weight excluding hydrogens is 302 g/mol. The molecule has 0 aromatic heterocycles. The Bertz CT molecular complexity index is 744. The Morgan fingerprint density at radius 1 is 1.10 bits per heavy atom. The normalized spacial score (nSPS) is 11.1. The average Bonchev–Trinajstić information content (AvgIpc) is 2.39. The van der Waals surface area contributed by atoms with Crippen LogP contribution in [-0.4, -0.2) is 13.7 Å². The number of hydrogen-bond acceptors (Lipinski definition) is 4. The van der Waals surface area contributed by atoms with Crippen LogP contribution in [0.3, 0.4) is 0 Å². The van der Waals surface area contributed by atoms with E-state index in [1.54, 1.807) is 30.3 Å². The second-order valence-corrected chi connectivity index (χ2v) is 5.77. The first-order chi connectivity index (χ1) is 9.38. The molecule has 104 valence electrons. The molecule has 0 radical (unpaired) electrons. The molecule has 0 aliphatic carbocycles. The van der Waals surface area contributed by atoms with Crippen molar-refractivity contribution in [3.8, 4) is 11.5 Å². The van der Waals surface area contributed by atoms with E-state index in [2.05, 4.69) is 0 Å². The summed E-state index contributed by atoms with van der Waals surface area (Å²) in [5, 5.41) is 4.34. The maximum atomic E-state index is 11.6. The summed E-state index contributed by atoms with van der Waals surface area (Å²) in [5.74, 6) is 0.475. The van der Waals surface area contributed by atoms with Crippen molar-refractivity contribution >= 4 is 26.9 Å². The van der Waals surface area contributed by atoms with E-state index in [9.17, 15) is 13.2 Å². The Kier molecular flexibility index (Phi) is 4.08. The number of rotatable bonds is 4. The number of carbonyl (C=O) groups excluding carboxylic acids is 1. The zero-order chi connectivity index (χ0) is 14.8. The molecule has 0 saturated carbocycles. The Hall–Kier alpha value is -1.89. The van der Waals surface area contributed by atoms with Crippen LogP contribution in [-0.2, 0) is 10.0 Å². The molecule has 7 heteroatoms. The smallest absolute Gasteiger partial charge is 0.252 e. The highest BCUT2D eigenvalue weighted by Crippen LogP contribution is 2.29. The molecular formula is C13H10ClNO4S. The van der Waals surface area contributed by atoms with E-state index in [0.29, 0.717) is 5.75 Å². The summed E-state index contributed by atoms with van der Waals surface area (Å²) in [6.45, 7) is 0. The summed E-state index contributed by atoms with van der Waals surface area (Å²) in [5.41, 5.74) is 0.0242. The zero-order valence-corrected chi connectivity index (χ0v) is 11.7. The number of halogens is 1. The van der Waals surface area contributed by atoms with Crippen LogP contribution >= 0.6 is 11.6 Å². The number of primary sulfonamides is 1. The van der Waals surface area contributed by atoms with Crippen LogP contribution in [0.5, 0.6) is 11.5 Å². The van der Waals surface area contributed by atoms with Crippen LogP contribution in [0.1, 0.15) is 10.4 Å². The standard InChI is InChI=1S/C13H10ClNO4S/c14-13(16)9-6-7-11(12(8-9)20(15,17)18)19-10-4-2-1-3-5-10/h1-8H,(H2,15,17,18). The third-order valence-corrected chi connectivity index (χ3v) is 3.60. The molecule has 2 rings (SSSR count). The van der Waals surface area contributed by atoms with E-state index in [1.165, 1.54) is 12.1 Å². The van der Waals surface area contributed by atoms with Crippen molar-refractivity contribution in [2.75, 3.05) is 0 Å². The summed E-state index contributed by atoms with van der Waals surface area (Å²) in [6.07, 6.45) is 0. The minimum atomic E-state index is -4.05. The van der Waals surface area contributed by atoms with Crippen LogP contribution in [0.4, 0.5) is 0 Å². The van der Waals surface area contributed by atoms with E-state index in [4.69, 9.17) is 21.5 Å². The van der Waals surface area contributed by atoms with Gasteiger partial charge in [-0.2, -0.15) is 0 Å². The number of sulfonamides is 1. The summed E-state index contributed by atoms with van der Waals surface area (Å²) in [4.78, 5) is 10.8. The lowest BCUT2D eigenvalue weighted by molar-refractivity contribution is 0.108. The van der Waals surface area contributed by atoms with Crippen LogP contribution in [0.15, 0.2) is 53.4 Å². The van der Waals surface area contributed by atoms with Crippen molar-refractivity contribution in [3.05, 3.63) is 54.1 Å². The summed E-state index contributed by atoms with van der Waals surface area (Å²) < 4.78 is 28.6. The monoisotopic (exact) mass is 311 g/mol. The Balaban J connectivity index is 2.50. The molecule has 20 heavy (non-hydrogen) atoms. The third-order valence-electron chi connectivity index (χ3n) is 2.45. The highest BCUT2D eigenvalue weighted by molar-refractivity contribution is 7.89. The topological polar surface area (TPSA) is 86.5 Å². The van der Waals surface area contributed by atoms with Crippen LogP contribution in [0.25, 0.3) is 0 Å². The van der Waals surface area contributed by atoms with Gasteiger partial charge in [0, 0.05) is 5.56 Å². The van der Waals surface area contributed by atoms with Crippen molar-refractivity contribution < 1.29 is 17.9 Å². The highest BCUT2D eigenvalue weighted by atomic mass is 35.5. The molecule has 0 bridgehead atoms. The van der Waals surface area contributed by atoms with Crippen molar-refractivity contribution in [2.45, 2.75) is 4.90 Å². The van der Waals surface area contributed by atoms with Gasteiger partial charge in [-0.3, -0.25) is 4.79 Å². The molecule has 5 nitrogen and oxygen atoms in total. The Labute approximate surface area is 121 Å². The first kappa shape index (κ1) is 14.5. The predicted octanol–water partition coefficient (Wildman–Crippen LogP) is 2.51. The number of ether oxygens (including phenoxy) is 1. The molecule has 0 atom stereocenters. The molecule has 0 heterocycles. The zero-order valence-electron chi connectivity index (χ0n) is 10.1. The molecule has 0 unspecified atom stereocenters. The van der Waals surface area contributed by atoms with Crippen molar-refractivity contribution in [1.82, 2.24) is 0 Å². The number of hydrogen-bond donors (Lipinski definition) is 1. The SMILES string of the molecule is NS(=O)(=O)c1cc(C(=O)Cl)ccc1Oc1ccccc1. The minimum Gasteiger partial charge on any atom is -0.456 e. The third kappa shape index (κ3) is 3.36. The molecule has 0 aliphatic rings. The lowest BCUT2D eigenvalue weighted by atomic mass is 10.2. The fourth-order valence-corrected chi connectivity index (χ4v) is 2.35. The Morgan fingerprint density at radius 3 is 2.30 bits per heavy atom. The van der Waals surface area contributed by atoms with E-state index in [-0.39, 0.29) is 16.2 Å². The molecule has 0 amide bonds. The second-order valence-electron chi connectivity index (χ2n) is 3.90. The average molecular weight is 312 g/mol. The number of benzene rings is 2. The molecule has 2 aromatic rings. The molecule has 0 spiro atoms. The van der Waals surface area contributed by atoms with Gasteiger partial charge in [0.25, 0.3) is 5.24 Å². The van der Waals surface area contributed by atoms with Gasteiger partial charge >= 0.3 is 0 Å². The second kappa shape index (κ2) is 5.62.